The molecule has 0 bridgehead atoms. The Kier molecular flexibility index (Phi) is 7.90. The molecule has 4 aromatic rings. The largest absolute Gasteiger partial charge is 0.492 e. The molecule has 2 aromatic heterocycles. The maximum absolute atomic E-state index is 14.8. The highest BCUT2D eigenvalue weighted by molar-refractivity contribution is 5.95. The Balaban J connectivity index is 1.85. The molecule has 2 heterocycles. The van der Waals surface area contributed by atoms with Crippen molar-refractivity contribution in [3.05, 3.63) is 81.4 Å². The van der Waals surface area contributed by atoms with Gasteiger partial charge in [-0.1, -0.05) is 0 Å². The van der Waals surface area contributed by atoms with Gasteiger partial charge in [0, 0.05) is 29.8 Å². The van der Waals surface area contributed by atoms with Crippen molar-refractivity contribution in [3.63, 3.8) is 0 Å². The summed E-state index contributed by atoms with van der Waals surface area (Å²) in [4.78, 5) is 27.0. The molecule has 2 aromatic carbocycles. The number of aromatic nitrogens is 5. The minimum atomic E-state index is -1.32. The van der Waals surface area contributed by atoms with E-state index in [0.717, 1.165) is 16.9 Å². The van der Waals surface area contributed by atoms with Gasteiger partial charge in [-0.3, -0.25) is 15.5 Å². The van der Waals surface area contributed by atoms with Gasteiger partial charge >= 0.3 is 11.7 Å². The summed E-state index contributed by atoms with van der Waals surface area (Å²) in [6.07, 6.45) is 1.30. The zero-order valence-electron chi connectivity index (χ0n) is 20.6. The molecular weight excluding hydrogens is 515 g/mol. The number of carboxylic acid groups (broad SMARTS) is 1. The van der Waals surface area contributed by atoms with E-state index in [2.05, 4.69) is 25.6 Å². The summed E-state index contributed by atoms with van der Waals surface area (Å²) in [5.74, 6) is -2.49. The fourth-order valence-electron chi connectivity index (χ4n) is 3.79. The van der Waals surface area contributed by atoms with Crippen molar-refractivity contribution in [2.75, 3.05) is 25.6 Å². The zero-order chi connectivity index (χ0) is 28.1. The predicted octanol–water partition coefficient (Wildman–Crippen LogP) is 1.38. The molecule has 0 aliphatic rings. The Morgan fingerprint density at radius 3 is 2.64 bits per heavy atom. The SMILES string of the molecule is COc1c([C@H](Nc2ccc(C(=N)N)cc2)c2nn(-c3[nH]ncc3C(=O)O)c(=O)[nH]2)ccc(F)c1OCCCO. The summed E-state index contributed by atoms with van der Waals surface area (Å²) in [7, 11) is 1.32. The van der Waals surface area contributed by atoms with Crippen LogP contribution < -0.4 is 26.2 Å². The number of rotatable bonds is 12. The van der Waals surface area contributed by atoms with Gasteiger partial charge in [0.2, 0.25) is 0 Å². The van der Waals surface area contributed by atoms with Crippen molar-refractivity contribution >= 4 is 17.5 Å². The average molecular weight is 541 g/mol. The number of nitrogens with two attached hydrogens (primary N) is 1. The van der Waals surface area contributed by atoms with E-state index in [0.29, 0.717) is 16.8 Å². The number of H-pyrrole nitrogens is 2. The van der Waals surface area contributed by atoms with E-state index in [9.17, 15) is 19.1 Å². The van der Waals surface area contributed by atoms with Crippen molar-refractivity contribution < 1.29 is 28.9 Å². The standard InChI is InChI=1S/C24H25FN8O6/c1-38-18-14(7-8-16(25)19(18)39-10-2-9-34)17(29-13-5-3-12(4-6-13)20(26)27)21-30-24(37)33(32-21)22-15(23(35)36)11-28-31-22/h3-8,11,17,29,34H,2,9-10H2,1H3,(H3,26,27)(H,28,31)(H,35,36)(H,30,32,37)/t17-/m0/s1. The fourth-order valence-corrected chi connectivity index (χ4v) is 3.79. The lowest BCUT2D eigenvalue weighted by molar-refractivity contribution is 0.0696. The van der Waals surface area contributed by atoms with Gasteiger partial charge in [-0.25, -0.2) is 14.0 Å². The Labute approximate surface area is 219 Å². The van der Waals surface area contributed by atoms with Crippen molar-refractivity contribution in [1.29, 1.82) is 5.41 Å². The van der Waals surface area contributed by atoms with Gasteiger partial charge in [0.05, 0.1) is 19.9 Å². The molecule has 0 amide bonds. The van der Waals surface area contributed by atoms with E-state index in [4.69, 9.17) is 25.7 Å². The molecule has 8 N–H and O–H groups in total. The number of benzene rings is 2. The zero-order valence-corrected chi connectivity index (χ0v) is 20.6. The summed E-state index contributed by atoms with van der Waals surface area (Å²) in [6, 6.07) is 8.11. The molecular formula is C24H25FN8O6. The molecule has 1 atom stereocenters. The van der Waals surface area contributed by atoms with E-state index in [1.165, 1.54) is 13.2 Å². The third-order valence-corrected chi connectivity index (χ3v) is 5.64. The first-order valence-corrected chi connectivity index (χ1v) is 11.5. The number of aliphatic hydroxyl groups excluding tert-OH is 1. The topological polar surface area (TPSA) is 217 Å². The van der Waals surface area contributed by atoms with Crippen LogP contribution in [0.15, 0.2) is 47.4 Å². The molecule has 0 aliphatic heterocycles. The molecule has 0 fully saturated rings. The van der Waals surface area contributed by atoms with Gasteiger partial charge in [-0.15, -0.1) is 5.10 Å². The van der Waals surface area contributed by atoms with Crippen LogP contribution in [0.5, 0.6) is 11.5 Å². The van der Waals surface area contributed by atoms with Crippen LogP contribution in [0.2, 0.25) is 0 Å². The third kappa shape index (κ3) is 5.57. The van der Waals surface area contributed by atoms with Crippen LogP contribution in [-0.2, 0) is 0 Å². The summed E-state index contributed by atoms with van der Waals surface area (Å²) in [5.41, 5.74) is 5.81. The molecule has 14 nitrogen and oxygen atoms in total. The molecule has 0 spiro atoms. The van der Waals surface area contributed by atoms with Gasteiger partial charge < -0.3 is 30.7 Å². The van der Waals surface area contributed by atoms with E-state index in [1.807, 2.05) is 0 Å². The number of halogens is 1. The molecule has 4 rings (SSSR count). The highest BCUT2D eigenvalue weighted by Crippen LogP contribution is 2.40. The quantitative estimate of drug-likeness (QED) is 0.0777. The number of nitrogens with one attached hydrogen (secondary N) is 4. The molecule has 39 heavy (non-hydrogen) atoms. The lowest BCUT2D eigenvalue weighted by atomic mass is 10.0. The van der Waals surface area contributed by atoms with Crippen LogP contribution in [0.25, 0.3) is 5.82 Å². The number of carbonyl (C=O) groups is 1. The second-order valence-corrected chi connectivity index (χ2v) is 8.16. The van der Waals surface area contributed by atoms with E-state index in [-0.39, 0.29) is 54.2 Å². The molecule has 204 valence electrons. The Morgan fingerprint density at radius 2 is 2.00 bits per heavy atom. The van der Waals surface area contributed by atoms with Gasteiger partial charge in [-0.2, -0.15) is 9.78 Å². The number of nitrogen functional groups attached to an aromatic ring is 1. The highest BCUT2D eigenvalue weighted by atomic mass is 19.1. The number of ether oxygens (including phenoxy) is 2. The van der Waals surface area contributed by atoms with Crippen LogP contribution in [0, 0.1) is 11.2 Å². The summed E-state index contributed by atoms with van der Waals surface area (Å²) < 4.78 is 26.6. The van der Waals surface area contributed by atoms with Gasteiger partial charge in [0.1, 0.15) is 17.4 Å². The van der Waals surface area contributed by atoms with Crippen LogP contribution in [-0.4, -0.2) is 67.3 Å². The predicted molar refractivity (Wildman–Crippen MR) is 136 cm³/mol. The minimum absolute atomic E-state index is 0.00830. The van der Waals surface area contributed by atoms with Crippen molar-refractivity contribution in [1.82, 2.24) is 25.0 Å². The molecule has 0 radical (unpaired) electrons. The van der Waals surface area contributed by atoms with E-state index >= 15 is 0 Å². The summed E-state index contributed by atoms with van der Waals surface area (Å²) >= 11 is 0. The number of hydrogen-bond acceptors (Lipinski definition) is 9. The van der Waals surface area contributed by atoms with Gasteiger partial charge in [0.15, 0.2) is 29.0 Å². The number of methoxy groups -OCH3 is 1. The highest BCUT2D eigenvalue weighted by Gasteiger charge is 2.28. The lowest BCUT2D eigenvalue weighted by Gasteiger charge is -2.22. The van der Waals surface area contributed by atoms with Crippen LogP contribution in [0.3, 0.4) is 0 Å². The average Bonchev–Trinajstić information content (AvgIpc) is 3.55. The molecule has 15 heteroatoms. The molecule has 0 unspecified atom stereocenters. The number of carboxylic acids is 1. The number of hydrogen-bond donors (Lipinski definition) is 7. The first-order chi connectivity index (χ1) is 18.7. The van der Waals surface area contributed by atoms with Crippen molar-refractivity contribution in [3.8, 4) is 17.3 Å². The normalized spacial score (nSPS) is 11.7. The first-order valence-electron chi connectivity index (χ1n) is 11.5. The van der Waals surface area contributed by atoms with Crippen LogP contribution in [0.4, 0.5) is 10.1 Å². The first kappa shape index (κ1) is 26.9. The maximum atomic E-state index is 14.8. The summed E-state index contributed by atoms with van der Waals surface area (Å²) in [5, 5.41) is 39.7. The molecule has 0 aliphatic carbocycles. The van der Waals surface area contributed by atoms with Crippen LogP contribution in [0.1, 0.15) is 39.8 Å². The smallest absolute Gasteiger partial charge is 0.349 e. The number of anilines is 1. The fraction of sp³-hybridized carbons (Fsp3) is 0.208. The third-order valence-electron chi connectivity index (χ3n) is 5.64. The Hall–Kier alpha value is -5.18. The van der Waals surface area contributed by atoms with E-state index < -0.39 is 23.5 Å². The summed E-state index contributed by atoms with van der Waals surface area (Å²) in [6.45, 7) is -0.143. The number of aromatic amines is 2. The second kappa shape index (κ2) is 11.5. The van der Waals surface area contributed by atoms with Crippen LogP contribution >= 0.6 is 0 Å². The second-order valence-electron chi connectivity index (χ2n) is 8.16. The van der Waals surface area contributed by atoms with Gasteiger partial charge in [-0.05, 0) is 36.4 Å². The van der Waals surface area contributed by atoms with E-state index in [1.54, 1.807) is 24.3 Å². The number of aromatic carboxylic acids is 1. The maximum Gasteiger partial charge on any atom is 0.349 e. The van der Waals surface area contributed by atoms with Crippen molar-refractivity contribution in [2.24, 2.45) is 5.73 Å². The monoisotopic (exact) mass is 540 g/mol. The molecule has 0 saturated carbocycles. The number of nitrogens with zero attached hydrogens (tertiary/aromatic N) is 3. The number of aliphatic hydroxyl groups is 1. The Bertz CT molecular complexity index is 1540. The molecule has 0 saturated heterocycles. The Morgan fingerprint density at radius 1 is 1.26 bits per heavy atom. The lowest BCUT2D eigenvalue weighted by Crippen LogP contribution is -2.18. The minimum Gasteiger partial charge on any atom is -0.492 e. The number of amidine groups is 1. The van der Waals surface area contributed by atoms with Gasteiger partial charge in [0.25, 0.3) is 0 Å². The van der Waals surface area contributed by atoms with Crippen molar-refractivity contribution in [2.45, 2.75) is 12.5 Å².